The molecule has 0 unspecified atom stereocenters. The number of ether oxygens (including phenoxy) is 1. The summed E-state index contributed by atoms with van der Waals surface area (Å²) in [7, 11) is 0. The van der Waals surface area contributed by atoms with Crippen LogP contribution in [0.2, 0.25) is 0 Å². The van der Waals surface area contributed by atoms with Gasteiger partial charge in [0, 0.05) is 0 Å². The number of benzene rings is 2. The van der Waals surface area contributed by atoms with Gasteiger partial charge < -0.3 is 10.1 Å². The molecule has 4 nitrogen and oxygen atoms in total. The minimum atomic E-state index is -0.164. The zero-order chi connectivity index (χ0) is 16.2. The van der Waals surface area contributed by atoms with Gasteiger partial charge in [-0.05, 0) is 55.0 Å². The largest absolute Gasteiger partial charge is 0.494 e. The molecule has 1 fully saturated rings. The highest BCUT2D eigenvalue weighted by Crippen LogP contribution is 2.24. The highest BCUT2D eigenvalue weighted by molar-refractivity contribution is 7.80. The maximum Gasteiger partial charge on any atom is 0.281 e. The number of carbonyl (C=O) groups excluding carboxylic acids is 1. The number of rotatable bonds is 4. The molecule has 2 aromatic rings. The summed E-state index contributed by atoms with van der Waals surface area (Å²) in [6.45, 7) is 2.53. The SMILES string of the molecule is CCOc1ccc(N2C(=O)C(=Cc3ccccc3)NC2=S)cc1. The second kappa shape index (κ2) is 6.62. The lowest BCUT2D eigenvalue weighted by molar-refractivity contribution is -0.113. The normalized spacial score (nSPS) is 15.9. The van der Waals surface area contributed by atoms with Crippen LogP contribution in [0.1, 0.15) is 12.5 Å². The van der Waals surface area contributed by atoms with Gasteiger partial charge in [-0.1, -0.05) is 30.3 Å². The smallest absolute Gasteiger partial charge is 0.281 e. The molecule has 0 atom stereocenters. The van der Waals surface area contributed by atoms with Crippen molar-refractivity contribution in [1.29, 1.82) is 0 Å². The van der Waals surface area contributed by atoms with Crippen molar-refractivity contribution in [2.45, 2.75) is 6.92 Å². The Morgan fingerprint density at radius 2 is 1.83 bits per heavy atom. The predicted molar refractivity (Wildman–Crippen MR) is 95.2 cm³/mol. The Balaban J connectivity index is 1.85. The van der Waals surface area contributed by atoms with E-state index in [1.807, 2.05) is 61.5 Å². The Hall–Kier alpha value is -2.66. The number of anilines is 1. The van der Waals surface area contributed by atoms with Crippen molar-refractivity contribution >= 4 is 35.0 Å². The maximum absolute atomic E-state index is 12.6. The Kier molecular flexibility index (Phi) is 4.39. The summed E-state index contributed by atoms with van der Waals surface area (Å²) in [5.41, 5.74) is 2.13. The molecule has 1 N–H and O–H groups in total. The van der Waals surface area contributed by atoms with Gasteiger partial charge in [0.2, 0.25) is 0 Å². The lowest BCUT2D eigenvalue weighted by atomic mass is 10.2. The lowest BCUT2D eigenvalue weighted by Gasteiger charge is -2.14. The van der Waals surface area contributed by atoms with Crippen LogP contribution in [-0.4, -0.2) is 17.6 Å². The summed E-state index contributed by atoms with van der Waals surface area (Å²) < 4.78 is 5.41. The fourth-order valence-electron chi connectivity index (χ4n) is 2.34. The van der Waals surface area contributed by atoms with Gasteiger partial charge in [-0.15, -0.1) is 0 Å². The first-order valence-corrected chi connectivity index (χ1v) is 7.75. The van der Waals surface area contributed by atoms with Crippen LogP contribution >= 0.6 is 12.2 Å². The Morgan fingerprint density at radius 1 is 1.13 bits per heavy atom. The van der Waals surface area contributed by atoms with Crippen molar-refractivity contribution in [2.75, 3.05) is 11.5 Å². The Bertz CT molecular complexity index is 754. The third-order valence-corrected chi connectivity index (χ3v) is 3.68. The van der Waals surface area contributed by atoms with Crippen molar-refractivity contribution in [2.24, 2.45) is 0 Å². The topological polar surface area (TPSA) is 41.6 Å². The summed E-state index contributed by atoms with van der Waals surface area (Å²) in [6, 6.07) is 17.0. The molecule has 0 aliphatic carbocycles. The number of thiocarbonyl (C=S) groups is 1. The van der Waals surface area contributed by atoms with E-state index in [-0.39, 0.29) is 5.91 Å². The van der Waals surface area contributed by atoms with Crippen LogP contribution < -0.4 is 15.0 Å². The van der Waals surface area contributed by atoms with Gasteiger partial charge in [0.25, 0.3) is 5.91 Å². The van der Waals surface area contributed by atoms with E-state index in [1.54, 1.807) is 6.08 Å². The molecular weight excluding hydrogens is 308 g/mol. The summed E-state index contributed by atoms with van der Waals surface area (Å²) in [5, 5.41) is 3.35. The maximum atomic E-state index is 12.6. The summed E-state index contributed by atoms with van der Waals surface area (Å²) in [5.74, 6) is 0.602. The predicted octanol–water partition coefficient (Wildman–Crippen LogP) is 3.35. The van der Waals surface area contributed by atoms with Crippen LogP contribution in [0.25, 0.3) is 6.08 Å². The molecule has 0 aromatic heterocycles. The van der Waals surface area contributed by atoms with Gasteiger partial charge in [-0.2, -0.15) is 0 Å². The Labute approximate surface area is 140 Å². The number of nitrogens with one attached hydrogen (secondary N) is 1. The van der Waals surface area contributed by atoms with Crippen molar-refractivity contribution in [3.8, 4) is 5.75 Å². The minimum Gasteiger partial charge on any atom is -0.494 e. The molecular formula is C18H16N2O2S. The van der Waals surface area contributed by atoms with Crippen molar-refractivity contribution in [3.05, 3.63) is 65.9 Å². The van der Waals surface area contributed by atoms with Crippen molar-refractivity contribution < 1.29 is 9.53 Å². The van der Waals surface area contributed by atoms with Crippen LogP contribution in [0.3, 0.4) is 0 Å². The number of nitrogens with zero attached hydrogens (tertiary/aromatic N) is 1. The minimum absolute atomic E-state index is 0.164. The van der Waals surface area contributed by atoms with E-state index >= 15 is 0 Å². The molecule has 1 aliphatic heterocycles. The summed E-state index contributed by atoms with van der Waals surface area (Å²) >= 11 is 5.30. The molecule has 0 saturated carbocycles. The molecule has 3 rings (SSSR count). The molecule has 116 valence electrons. The molecule has 1 aliphatic rings. The lowest BCUT2D eigenvalue weighted by Crippen LogP contribution is -2.30. The molecule has 1 saturated heterocycles. The van der Waals surface area contributed by atoms with Gasteiger partial charge in [0.1, 0.15) is 11.4 Å². The summed E-state index contributed by atoms with van der Waals surface area (Å²) in [4.78, 5) is 14.1. The van der Waals surface area contributed by atoms with E-state index in [0.717, 1.165) is 11.3 Å². The Morgan fingerprint density at radius 3 is 2.48 bits per heavy atom. The van der Waals surface area contributed by atoms with E-state index < -0.39 is 0 Å². The van der Waals surface area contributed by atoms with Gasteiger partial charge >= 0.3 is 0 Å². The van der Waals surface area contributed by atoms with Gasteiger partial charge in [-0.25, -0.2) is 0 Å². The molecule has 0 radical (unpaired) electrons. The quantitative estimate of drug-likeness (QED) is 0.692. The van der Waals surface area contributed by atoms with Crippen LogP contribution in [0.5, 0.6) is 5.75 Å². The average molecular weight is 324 g/mol. The molecule has 1 amide bonds. The zero-order valence-electron chi connectivity index (χ0n) is 12.7. The van der Waals surface area contributed by atoms with Crippen LogP contribution in [0, 0.1) is 0 Å². The van der Waals surface area contributed by atoms with Crippen LogP contribution in [-0.2, 0) is 4.79 Å². The van der Waals surface area contributed by atoms with Gasteiger partial charge in [0.05, 0.1) is 12.3 Å². The molecule has 2 aromatic carbocycles. The van der Waals surface area contributed by atoms with Crippen molar-refractivity contribution in [3.63, 3.8) is 0 Å². The fraction of sp³-hybridized carbons (Fsp3) is 0.111. The first kappa shape index (κ1) is 15.2. The first-order chi connectivity index (χ1) is 11.2. The second-order valence-electron chi connectivity index (χ2n) is 4.97. The fourth-order valence-corrected chi connectivity index (χ4v) is 2.64. The number of amides is 1. The number of hydrogen-bond donors (Lipinski definition) is 1. The van der Waals surface area contributed by atoms with E-state index in [4.69, 9.17) is 17.0 Å². The zero-order valence-corrected chi connectivity index (χ0v) is 13.5. The van der Waals surface area contributed by atoms with E-state index in [9.17, 15) is 4.79 Å². The number of hydrogen-bond acceptors (Lipinski definition) is 3. The first-order valence-electron chi connectivity index (χ1n) is 7.34. The second-order valence-corrected chi connectivity index (χ2v) is 5.35. The van der Waals surface area contributed by atoms with E-state index in [1.165, 1.54) is 4.90 Å². The monoisotopic (exact) mass is 324 g/mol. The number of carbonyl (C=O) groups is 1. The van der Waals surface area contributed by atoms with Crippen LogP contribution in [0.15, 0.2) is 60.3 Å². The summed E-state index contributed by atoms with van der Waals surface area (Å²) in [6.07, 6.45) is 1.79. The van der Waals surface area contributed by atoms with Gasteiger partial charge in [-0.3, -0.25) is 9.69 Å². The highest BCUT2D eigenvalue weighted by Gasteiger charge is 2.31. The third-order valence-electron chi connectivity index (χ3n) is 3.39. The van der Waals surface area contributed by atoms with Crippen LogP contribution in [0.4, 0.5) is 5.69 Å². The van der Waals surface area contributed by atoms with Crippen molar-refractivity contribution in [1.82, 2.24) is 5.32 Å². The van der Waals surface area contributed by atoms with Gasteiger partial charge in [0.15, 0.2) is 5.11 Å². The molecule has 0 spiro atoms. The average Bonchev–Trinajstić information content (AvgIpc) is 2.84. The molecule has 1 heterocycles. The molecule has 23 heavy (non-hydrogen) atoms. The highest BCUT2D eigenvalue weighted by atomic mass is 32.1. The third kappa shape index (κ3) is 3.24. The van der Waals surface area contributed by atoms with E-state index in [2.05, 4.69) is 5.32 Å². The van der Waals surface area contributed by atoms with E-state index in [0.29, 0.717) is 23.1 Å². The standard InChI is InChI=1S/C18H16N2O2S/c1-2-22-15-10-8-14(9-11-15)20-17(21)16(19-18(20)23)12-13-6-4-3-5-7-13/h3-12H,2H2,1H3,(H,19,23). The molecule has 0 bridgehead atoms. The molecule has 5 heteroatoms.